The molecule has 0 heterocycles. The standard InChI is InChI=1S/C15H22F2N2S/c1-2-3-4-5-6-7-10-18-15(20)19-14-9-8-12(16)11-13(14)17/h8-9,11H,2-7,10H2,1H3,(H2,18,19,20). The van der Waals surface area contributed by atoms with E-state index in [1.54, 1.807) is 0 Å². The van der Waals surface area contributed by atoms with Gasteiger partial charge in [-0.05, 0) is 30.8 Å². The molecule has 1 aromatic carbocycles. The fourth-order valence-electron chi connectivity index (χ4n) is 1.86. The van der Waals surface area contributed by atoms with Gasteiger partial charge in [0.15, 0.2) is 5.11 Å². The van der Waals surface area contributed by atoms with E-state index in [0.717, 1.165) is 19.0 Å². The molecule has 1 aromatic rings. The minimum atomic E-state index is -0.645. The van der Waals surface area contributed by atoms with Crippen molar-refractivity contribution in [3.05, 3.63) is 29.8 Å². The summed E-state index contributed by atoms with van der Waals surface area (Å²) in [4.78, 5) is 0. The maximum absolute atomic E-state index is 13.4. The second-order valence-electron chi connectivity index (χ2n) is 4.77. The van der Waals surface area contributed by atoms with Crippen LogP contribution in [0.25, 0.3) is 0 Å². The zero-order valence-electron chi connectivity index (χ0n) is 11.8. The number of thiocarbonyl (C=S) groups is 1. The maximum atomic E-state index is 13.4. The first kappa shape index (κ1) is 16.8. The van der Waals surface area contributed by atoms with E-state index in [1.807, 2.05) is 0 Å². The Balaban J connectivity index is 2.17. The van der Waals surface area contributed by atoms with E-state index in [0.29, 0.717) is 5.11 Å². The summed E-state index contributed by atoms with van der Waals surface area (Å²) < 4.78 is 26.1. The smallest absolute Gasteiger partial charge is 0.170 e. The van der Waals surface area contributed by atoms with E-state index < -0.39 is 11.6 Å². The van der Waals surface area contributed by atoms with Crippen molar-refractivity contribution in [2.75, 3.05) is 11.9 Å². The van der Waals surface area contributed by atoms with Crippen molar-refractivity contribution in [2.45, 2.75) is 45.4 Å². The van der Waals surface area contributed by atoms with Crippen molar-refractivity contribution in [2.24, 2.45) is 0 Å². The third-order valence-electron chi connectivity index (χ3n) is 3.00. The van der Waals surface area contributed by atoms with E-state index >= 15 is 0 Å². The molecule has 2 nitrogen and oxygen atoms in total. The summed E-state index contributed by atoms with van der Waals surface area (Å²) in [6, 6.07) is 3.36. The number of hydrogen-bond acceptors (Lipinski definition) is 1. The average molecular weight is 300 g/mol. The Morgan fingerprint density at radius 2 is 1.80 bits per heavy atom. The molecule has 0 atom stereocenters. The third kappa shape index (κ3) is 6.80. The predicted molar refractivity (Wildman–Crippen MR) is 84.0 cm³/mol. The lowest BCUT2D eigenvalue weighted by atomic mass is 10.1. The van der Waals surface area contributed by atoms with Gasteiger partial charge in [-0.1, -0.05) is 39.0 Å². The van der Waals surface area contributed by atoms with Crippen LogP contribution in [0.5, 0.6) is 0 Å². The van der Waals surface area contributed by atoms with Crippen molar-refractivity contribution in [3.63, 3.8) is 0 Å². The summed E-state index contributed by atoms with van der Waals surface area (Å²) in [6.07, 6.45) is 7.26. The zero-order chi connectivity index (χ0) is 14.8. The van der Waals surface area contributed by atoms with Gasteiger partial charge >= 0.3 is 0 Å². The van der Waals surface area contributed by atoms with Crippen molar-refractivity contribution in [1.29, 1.82) is 0 Å². The monoisotopic (exact) mass is 300 g/mol. The van der Waals surface area contributed by atoms with Crippen LogP contribution < -0.4 is 10.6 Å². The Morgan fingerprint density at radius 1 is 1.10 bits per heavy atom. The van der Waals surface area contributed by atoms with Crippen LogP contribution in [0.15, 0.2) is 18.2 Å². The van der Waals surface area contributed by atoms with Gasteiger partial charge in [-0.2, -0.15) is 0 Å². The van der Waals surface area contributed by atoms with E-state index in [1.165, 1.54) is 44.2 Å². The Hall–Kier alpha value is -1.23. The number of nitrogens with one attached hydrogen (secondary N) is 2. The van der Waals surface area contributed by atoms with Crippen LogP contribution in [0.2, 0.25) is 0 Å². The lowest BCUT2D eigenvalue weighted by molar-refractivity contribution is 0.586. The first-order valence-electron chi connectivity index (χ1n) is 7.13. The molecule has 20 heavy (non-hydrogen) atoms. The summed E-state index contributed by atoms with van der Waals surface area (Å²) >= 11 is 5.07. The number of rotatable bonds is 8. The molecule has 0 aromatic heterocycles. The topological polar surface area (TPSA) is 24.1 Å². The van der Waals surface area contributed by atoms with Gasteiger partial charge in [0.25, 0.3) is 0 Å². The van der Waals surface area contributed by atoms with Crippen molar-refractivity contribution in [3.8, 4) is 0 Å². The largest absolute Gasteiger partial charge is 0.362 e. The van der Waals surface area contributed by atoms with Crippen LogP contribution in [0.4, 0.5) is 14.5 Å². The molecule has 2 N–H and O–H groups in total. The minimum Gasteiger partial charge on any atom is -0.362 e. The number of unbranched alkanes of at least 4 members (excludes halogenated alkanes) is 5. The van der Waals surface area contributed by atoms with Crippen LogP contribution in [-0.2, 0) is 0 Å². The minimum absolute atomic E-state index is 0.187. The predicted octanol–water partition coefficient (Wildman–Crippen LogP) is 4.61. The lowest BCUT2D eigenvalue weighted by Gasteiger charge is -2.11. The van der Waals surface area contributed by atoms with Gasteiger partial charge in [0.2, 0.25) is 0 Å². The molecular formula is C15H22F2N2S. The van der Waals surface area contributed by atoms with Crippen molar-refractivity contribution >= 4 is 23.0 Å². The van der Waals surface area contributed by atoms with Gasteiger partial charge < -0.3 is 10.6 Å². The highest BCUT2D eigenvalue weighted by Gasteiger charge is 2.04. The Morgan fingerprint density at radius 3 is 2.50 bits per heavy atom. The highest BCUT2D eigenvalue weighted by atomic mass is 32.1. The summed E-state index contributed by atoms with van der Waals surface area (Å²) in [5, 5.41) is 6.12. The quantitative estimate of drug-likeness (QED) is 0.541. The van der Waals surface area contributed by atoms with E-state index in [4.69, 9.17) is 12.2 Å². The van der Waals surface area contributed by atoms with Crippen LogP contribution in [0, 0.1) is 11.6 Å². The molecule has 0 aliphatic carbocycles. The van der Waals surface area contributed by atoms with Crippen LogP contribution in [0.1, 0.15) is 45.4 Å². The summed E-state index contributed by atoms with van der Waals surface area (Å²) in [5.74, 6) is -1.24. The summed E-state index contributed by atoms with van der Waals surface area (Å²) in [5.41, 5.74) is 0.187. The molecule has 0 saturated carbocycles. The van der Waals surface area contributed by atoms with Gasteiger partial charge in [0.1, 0.15) is 11.6 Å². The SMILES string of the molecule is CCCCCCCCNC(=S)Nc1ccc(F)cc1F. The molecule has 5 heteroatoms. The molecule has 0 amide bonds. The second-order valence-corrected chi connectivity index (χ2v) is 5.18. The normalized spacial score (nSPS) is 10.3. The molecule has 1 rings (SSSR count). The molecule has 0 spiro atoms. The van der Waals surface area contributed by atoms with Crippen LogP contribution in [0.3, 0.4) is 0 Å². The maximum Gasteiger partial charge on any atom is 0.170 e. The highest BCUT2D eigenvalue weighted by molar-refractivity contribution is 7.80. The Kier molecular flexibility index (Phi) is 8.11. The highest BCUT2D eigenvalue weighted by Crippen LogP contribution is 2.14. The number of benzene rings is 1. The van der Waals surface area contributed by atoms with E-state index in [-0.39, 0.29) is 5.69 Å². The zero-order valence-corrected chi connectivity index (χ0v) is 12.7. The molecule has 112 valence electrons. The fraction of sp³-hybridized carbons (Fsp3) is 0.533. The average Bonchev–Trinajstić information content (AvgIpc) is 2.41. The number of anilines is 1. The first-order valence-corrected chi connectivity index (χ1v) is 7.54. The number of halogens is 2. The number of hydrogen-bond donors (Lipinski definition) is 2. The van der Waals surface area contributed by atoms with E-state index in [2.05, 4.69) is 17.6 Å². The lowest BCUT2D eigenvalue weighted by Crippen LogP contribution is -2.29. The molecular weight excluding hydrogens is 278 g/mol. The summed E-state index contributed by atoms with van der Waals surface area (Å²) in [6.45, 7) is 2.96. The molecule has 0 unspecified atom stereocenters. The van der Waals surface area contributed by atoms with Crippen LogP contribution in [-0.4, -0.2) is 11.7 Å². The van der Waals surface area contributed by atoms with Gasteiger partial charge in [-0.15, -0.1) is 0 Å². The molecule has 0 fully saturated rings. The van der Waals surface area contributed by atoms with Gasteiger partial charge in [-0.3, -0.25) is 0 Å². The van der Waals surface area contributed by atoms with Gasteiger partial charge in [0, 0.05) is 12.6 Å². The summed E-state index contributed by atoms with van der Waals surface area (Å²) in [7, 11) is 0. The Labute approximate surface area is 125 Å². The molecule has 0 aliphatic heterocycles. The van der Waals surface area contributed by atoms with E-state index in [9.17, 15) is 8.78 Å². The molecule has 0 aliphatic rings. The fourth-order valence-corrected chi connectivity index (χ4v) is 2.08. The van der Waals surface area contributed by atoms with Gasteiger partial charge in [0.05, 0.1) is 5.69 Å². The van der Waals surface area contributed by atoms with Crippen molar-refractivity contribution in [1.82, 2.24) is 5.32 Å². The molecule has 0 saturated heterocycles. The Bertz CT molecular complexity index is 424. The van der Waals surface area contributed by atoms with Gasteiger partial charge in [-0.25, -0.2) is 8.78 Å². The molecule has 0 bridgehead atoms. The first-order chi connectivity index (χ1) is 9.63. The second kappa shape index (κ2) is 9.64. The van der Waals surface area contributed by atoms with Crippen molar-refractivity contribution < 1.29 is 8.78 Å². The van der Waals surface area contributed by atoms with Crippen LogP contribution >= 0.6 is 12.2 Å². The molecule has 0 radical (unpaired) electrons. The third-order valence-corrected chi connectivity index (χ3v) is 3.24.